The number of nitro benzene ring substituents is 1. The molecule has 2 aromatic carbocycles. The van der Waals surface area contributed by atoms with Crippen LogP contribution in [-0.4, -0.2) is 35.4 Å². The number of fused-ring (bicyclic) bond motifs is 1. The van der Waals surface area contributed by atoms with Crippen molar-refractivity contribution in [3.8, 4) is 0 Å². The summed E-state index contributed by atoms with van der Waals surface area (Å²) in [7, 11) is 1.97. The van der Waals surface area contributed by atoms with Crippen LogP contribution >= 0.6 is 0 Å². The molecule has 0 aliphatic carbocycles. The Hall–Kier alpha value is -3.35. The van der Waals surface area contributed by atoms with E-state index in [4.69, 9.17) is 0 Å². The minimum atomic E-state index is -0.467. The third kappa shape index (κ3) is 3.51. The lowest BCUT2D eigenvalue weighted by Gasteiger charge is -2.27. The molecule has 1 amide bonds. The molecule has 1 aromatic heterocycles. The van der Waals surface area contributed by atoms with Gasteiger partial charge >= 0.3 is 0 Å². The molecule has 1 atom stereocenters. The lowest BCUT2D eigenvalue weighted by molar-refractivity contribution is -0.384. The molecule has 0 saturated heterocycles. The van der Waals surface area contributed by atoms with Crippen molar-refractivity contribution in [1.29, 1.82) is 0 Å². The van der Waals surface area contributed by atoms with Gasteiger partial charge in [-0.1, -0.05) is 18.2 Å². The number of non-ortho nitro benzene ring substituents is 1. The lowest BCUT2D eigenvalue weighted by atomic mass is 10.1. The highest BCUT2D eigenvalue weighted by Crippen LogP contribution is 2.23. The van der Waals surface area contributed by atoms with Gasteiger partial charge in [0.15, 0.2) is 0 Å². The number of carbonyl (C=O) groups is 1. The fraction of sp³-hybridized carbons (Fsp3) is 0.211. The lowest BCUT2D eigenvalue weighted by Crippen LogP contribution is -2.40. The molecule has 7 nitrogen and oxygen atoms in total. The zero-order valence-corrected chi connectivity index (χ0v) is 14.6. The standard InChI is InChI=1S/C19H20N4O3/c1-13(22(2)14-6-4-3-5-7-14)11-21-19(24)17-12-20-18-9-8-15(23(25)26)10-16(17)18/h3-10,12-13,20H,11H2,1-2H3,(H,21,24). The number of nitrogens with one attached hydrogen (secondary N) is 2. The SMILES string of the molecule is CC(CNC(=O)c1c[nH]c2ccc([N+](=O)[O-])cc12)N(C)c1ccccc1. The molecule has 0 bridgehead atoms. The number of aromatic amines is 1. The third-order valence-electron chi connectivity index (χ3n) is 4.50. The van der Waals surface area contributed by atoms with E-state index in [1.54, 1.807) is 12.3 Å². The van der Waals surface area contributed by atoms with E-state index >= 15 is 0 Å². The topological polar surface area (TPSA) is 91.3 Å². The Balaban J connectivity index is 1.71. The summed E-state index contributed by atoms with van der Waals surface area (Å²) in [4.78, 5) is 28.1. The van der Waals surface area contributed by atoms with Crippen LogP contribution in [0.5, 0.6) is 0 Å². The zero-order chi connectivity index (χ0) is 18.7. The van der Waals surface area contributed by atoms with Gasteiger partial charge in [-0.2, -0.15) is 0 Å². The molecule has 0 aliphatic rings. The van der Waals surface area contributed by atoms with Gasteiger partial charge < -0.3 is 15.2 Å². The summed E-state index contributed by atoms with van der Waals surface area (Å²) in [6.45, 7) is 2.47. The van der Waals surface area contributed by atoms with Crippen LogP contribution in [0, 0.1) is 10.1 Å². The number of nitro groups is 1. The Kier molecular flexibility index (Phi) is 4.88. The summed E-state index contributed by atoms with van der Waals surface area (Å²) in [6.07, 6.45) is 1.58. The van der Waals surface area contributed by atoms with Crippen molar-refractivity contribution in [1.82, 2.24) is 10.3 Å². The van der Waals surface area contributed by atoms with Crippen molar-refractivity contribution in [3.63, 3.8) is 0 Å². The summed E-state index contributed by atoms with van der Waals surface area (Å²) in [6, 6.07) is 14.4. The number of amides is 1. The van der Waals surface area contributed by atoms with Gasteiger partial charge in [-0.05, 0) is 25.1 Å². The van der Waals surface area contributed by atoms with E-state index in [0.29, 0.717) is 23.0 Å². The van der Waals surface area contributed by atoms with Crippen LogP contribution in [0.4, 0.5) is 11.4 Å². The van der Waals surface area contributed by atoms with Crippen molar-refractivity contribution >= 4 is 28.2 Å². The van der Waals surface area contributed by atoms with E-state index in [0.717, 1.165) is 5.69 Å². The molecule has 0 radical (unpaired) electrons. The van der Waals surface area contributed by atoms with E-state index in [9.17, 15) is 14.9 Å². The average molecular weight is 352 g/mol. The first kappa shape index (κ1) is 17.5. The highest BCUT2D eigenvalue weighted by molar-refractivity contribution is 6.07. The Morgan fingerprint density at radius 3 is 2.69 bits per heavy atom. The Bertz CT molecular complexity index is 936. The van der Waals surface area contributed by atoms with Gasteiger partial charge in [-0.25, -0.2) is 0 Å². The van der Waals surface area contributed by atoms with Crippen molar-refractivity contribution in [2.24, 2.45) is 0 Å². The van der Waals surface area contributed by atoms with E-state index in [1.807, 2.05) is 44.3 Å². The first-order valence-electron chi connectivity index (χ1n) is 8.29. The zero-order valence-electron chi connectivity index (χ0n) is 14.6. The minimum absolute atomic E-state index is 0.0386. The van der Waals surface area contributed by atoms with Crippen molar-refractivity contribution in [3.05, 3.63) is 70.4 Å². The van der Waals surface area contributed by atoms with Crippen LogP contribution in [0.1, 0.15) is 17.3 Å². The molecule has 0 fully saturated rings. The van der Waals surface area contributed by atoms with Gasteiger partial charge in [-0.15, -0.1) is 0 Å². The maximum atomic E-state index is 12.5. The normalized spacial score (nSPS) is 11.9. The van der Waals surface area contributed by atoms with Crippen LogP contribution in [0.15, 0.2) is 54.7 Å². The second-order valence-electron chi connectivity index (χ2n) is 6.19. The highest BCUT2D eigenvalue weighted by Gasteiger charge is 2.17. The van der Waals surface area contributed by atoms with Crippen LogP contribution in [0.2, 0.25) is 0 Å². The van der Waals surface area contributed by atoms with Crippen LogP contribution in [-0.2, 0) is 0 Å². The molecular weight excluding hydrogens is 332 g/mol. The largest absolute Gasteiger partial charge is 0.370 e. The minimum Gasteiger partial charge on any atom is -0.370 e. The van der Waals surface area contributed by atoms with Gasteiger partial charge in [0.1, 0.15) is 0 Å². The van der Waals surface area contributed by atoms with Gasteiger partial charge in [-0.3, -0.25) is 14.9 Å². The Morgan fingerprint density at radius 2 is 2.00 bits per heavy atom. The van der Waals surface area contributed by atoms with Crippen molar-refractivity contribution < 1.29 is 9.72 Å². The molecular formula is C19H20N4O3. The third-order valence-corrected chi connectivity index (χ3v) is 4.50. The summed E-state index contributed by atoms with van der Waals surface area (Å²) in [5, 5.41) is 14.4. The van der Waals surface area contributed by atoms with Crippen LogP contribution < -0.4 is 10.2 Å². The fourth-order valence-corrected chi connectivity index (χ4v) is 2.80. The molecule has 1 heterocycles. The number of hydrogen-bond acceptors (Lipinski definition) is 4. The van der Waals surface area contributed by atoms with Gasteiger partial charge in [0.05, 0.1) is 10.5 Å². The molecule has 0 aliphatic heterocycles. The number of H-pyrrole nitrogens is 1. The van der Waals surface area contributed by atoms with Crippen molar-refractivity contribution in [2.45, 2.75) is 13.0 Å². The van der Waals surface area contributed by atoms with Crippen LogP contribution in [0.25, 0.3) is 10.9 Å². The Labute approximate surface area is 150 Å². The highest BCUT2D eigenvalue weighted by atomic mass is 16.6. The van der Waals surface area contributed by atoms with E-state index in [1.165, 1.54) is 12.1 Å². The quantitative estimate of drug-likeness (QED) is 0.526. The van der Waals surface area contributed by atoms with E-state index < -0.39 is 4.92 Å². The second kappa shape index (κ2) is 7.26. The molecule has 3 rings (SSSR count). The molecule has 134 valence electrons. The fourth-order valence-electron chi connectivity index (χ4n) is 2.80. The number of nitrogens with zero attached hydrogens (tertiary/aromatic N) is 2. The number of hydrogen-bond donors (Lipinski definition) is 2. The predicted molar refractivity (Wildman–Crippen MR) is 102 cm³/mol. The maximum absolute atomic E-state index is 12.5. The molecule has 1 unspecified atom stereocenters. The number of para-hydroxylation sites is 1. The summed E-state index contributed by atoms with van der Waals surface area (Å²) in [5.74, 6) is -0.259. The van der Waals surface area contributed by atoms with Gasteiger partial charge in [0, 0.05) is 54.6 Å². The summed E-state index contributed by atoms with van der Waals surface area (Å²) >= 11 is 0. The first-order valence-corrected chi connectivity index (χ1v) is 8.29. The monoisotopic (exact) mass is 352 g/mol. The van der Waals surface area contributed by atoms with E-state index in [-0.39, 0.29) is 17.6 Å². The molecule has 7 heteroatoms. The van der Waals surface area contributed by atoms with Crippen molar-refractivity contribution in [2.75, 3.05) is 18.5 Å². The van der Waals surface area contributed by atoms with E-state index in [2.05, 4.69) is 15.2 Å². The van der Waals surface area contributed by atoms with Crippen LogP contribution in [0.3, 0.4) is 0 Å². The van der Waals surface area contributed by atoms with Gasteiger partial charge in [0.25, 0.3) is 11.6 Å². The number of anilines is 1. The number of carbonyl (C=O) groups excluding carboxylic acids is 1. The smallest absolute Gasteiger partial charge is 0.270 e. The molecule has 0 saturated carbocycles. The Morgan fingerprint density at radius 1 is 1.27 bits per heavy atom. The number of likely N-dealkylation sites (N-methyl/N-ethyl adjacent to an activating group) is 1. The number of benzene rings is 2. The predicted octanol–water partition coefficient (Wildman–Crippen LogP) is 3.33. The van der Waals surface area contributed by atoms with Gasteiger partial charge in [0.2, 0.25) is 0 Å². The summed E-state index contributed by atoms with van der Waals surface area (Å²) in [5.41, 5.74) is 2.12. The maximum Gasteiger partial charge on any atom is 0.270 e. The number of aromatic nitrogens is 1. The first-order chi connectivity index (χ1) is 12.5. The summed E-state index contributed by atoms with van der Waals surface area (Å²) < 4.78 is 0. The molecule has 0 spiro atoms. The second-order valence-corrected chi connectivity index (χ2v) is 6.19. The molecule has 26 heavy (non-hydrogen) atoms. The molecule has 2 N–H and O–H groups in total. The number of rotatable bonds is 6. The average Bonchev–Trinajstić information content (AvgIpc) is 3.09. The molecule has 3 aromatic rings.